The topological polar surface area (TPSA) is 0 Å². The van der Waals surface area contributed by atoms with Crippen molar-refractivity contribution < 1.29 is 0 Å². The van der Waals surface area contributed by atoms with Gasteiger partial charge in [0, 0.05) is 0 Å². The van der Waals surface area contributed by atoms with E-state index in [1.54, 1.807) is 0 Å². The standard InChI is InChI=1S/C17H32/c1-17(2,16-12-5-6-13-16)14-8-7-11-15-9-3-4-10-15/h15-16H,3-14H2,1-2H3. The maximum Gasteiger partial charge on any atom is -0.0326 e. The Morgan fingerprint density at radius 3 is 2.06 bits per heavy atom. The van der Waals surface area contributed by atoms with Gasteiger partial charge in [-0.1, -0.05) is 71.6 Å². The van der Waals surface area contributed by atoms with E-state index in [-0.39, 0.29) is 0 Å². The first-order valence-electron chi connectivity index (χ1n) is 8.18. The summed E-state index contributed by atoms with van der Waals surface area (Å²) in [7, 11) is 0. The molecule has 0 heteroatoms. The number of hydrogen-bond acceptors (Lipinski definition) is 0. The highest BCUT2D eigenvalue weighted by molar-refractivity contribution is 4.82. The molecule has 0 atom stereocenters. The molecular formula is C17H32. The summed E-state index contributed by atoms with van der Waals surface area (Å²) in [6.45, 7) is 5.05. The van der Waals surface area contributed by atoms with Crippen molar-refractivity contribution in [1.29, 1.82) is 0 Å². The Bertz CT molecular complexity index is 204. The van der Waals surface area contributed by atoms with Gasteiger partial charge in [0.05, 0.1) is 0 Å². The SMILES string of the molecule is CC(C)(CCCCC1CCCC1)C1CCCC1. The van der Waals surface area contributed by atoms with Crippen LogP contribution < -0.4 is 0 Å². The fraction of sp³-hybridized carbons (Fsp3) is 1.00. The van der Waals surface area contributed by atoms with Crippen LogP contribution in [0.2, 0.25) is 0 Å². The van der Waals surface area contributed by atoms with Crippen LogP contribution in [-0.2, 0) is 0 Å². The van der Waals surface area contributed by atoms with Crippen molar-refractivity contribution in [2.75, 3.05) is 0 Å². The van der Waals surface area contributed by atoms with Crippen molar-refractivity contribution in [3.05, 3.63) is 0 Å². The first kappa shape index (κ1) is 13.4. The Morgan fingerprint density at radius 2 is 1.41 bits per heavy atom. The van der Waals surface area contributed by atoms with Crippen LogP contribution in [0.4, 0.5) is 0 Å². The maximum absolute atomic E-state index is 2.53. The van der Waals surface area contributed by atoms with Gasteiger partial charge in [-0.25, -0.2) is 0 Å². The van der Waals surface area contributed by atoms with E-state index < -0.39 is 0 Å². The quantitative estimate of drug-likeness (QED) is 0.500. The number of hydrogen-bond donors (Lipinski definition) is 0. The van der Waals surface area contributed by atoms with E-state index in [0.717, 1.165) is 11.8 Å². The van der Waals surface area contributed by atoms with Crippen molar-refractivity contribution in [3.63, 3.8) is 0 Å². The molecule has 100 valence electrons. The third-order valence-corrected chi connectivity index (χ3v) is 5.62. The summed E-state index contributed by atoms with van der Waals surface area (Å²) in [5.74, 6) is 2.14. The van der Waals surface area contributed by atoms with Gasteiger partial charge in [-0.15, -0.1) is 0 Å². The van der Waals surface area contributed by atoms with Crippen LogP contribution >= 0.6 is 0 Å². The average molecular weight is 236 g/mol. The zero-order chi connectivity index (χ0) is 12.1. The van der Waals surface area contributed by atoms with Gasteiger partial charge in [0.25, 0.3) is 0 Å². The molecule has 0 aromatic heterocycles. The van der Waals surface area contributed by atoms with Crippen LogP contribution in [-0.4, -0.2) is 0 Å². The van der Waals surface area contributed by atoms with Crippen LogP contribution in [0.5, 0.6) is 0 Å². The second kappa shape index (κ2) is 6.25. The first-order valence-corrected chi connectivity index (χ1v) is 8.18. The number of unbranched alkanes of at least 4 members (excludes halogenated alkanes) is 1. The van der Waals surface area contributed by atoms with E-state index in [0.29, 0.717) is 5.41 Å². The summed E-state index contributed by atoms with van der Waals surface area (Å²) >= 11 is 0. The maximum atomic E-state index is 2.53. The van der Waals surface area contributed by atoms with E-state index in [1.807, 2.05) is 0 Å². The third kappa shape index (κ3) is 4.00. The van der Waals surface area contributed by atoms with E-state index in [9.17, 15) is 0 Å². The lowest BCUT2D eigenvalue weighted by Gasteiger charge is -2.32. The van der Waals surface area contributed by atoms with E-state index in [1.165, 1.54) is 77.0 Å². The molecule has 0 aromatic rings. The molecule has 0 aliphatic heterocycles. The summed E-state index contributed by atoms with van der Waals surface area (Å²) in [6, 6.07) is 0. The highest BCUT2D eigenvalue weighted by Crippen LogP contribution is 2.43. The predicted molar refractivity (Wildman–Crippen MR) is 76.2 cm³/mol. The largest absolute Gasteiger partial charge is 0.0596 e. The van der Waals surface area contributed by atoms with Crippen LogP contribution in [0.1, 0.15) is 90.9 Å². The van der Waals surface area contributed by atoms with Gasteiger partial charge in [0.2, 0.25) is 0 Å². The molecule has 0 spiro atoms. The third-order valence-electron chi connectivity index (χ3n) is 5.62. The van der Waals surface area contributed by atoms with E-state index in [2.05, 4.69) is 13.8 Å². The smallest absolute Gasteiger partial charge is 0.0326 e. The van der Waals surface area contributed by atoms with Crippen LogP contribution in [0.15, 0.2) is 0 Å². The Hall–Kier alpha value is 0. The minimum Gasteiger partial charge on any atom is -0.0596 e. The lowest BCUT2D eigenvalue weighted by atomic mass is 9.74. The second-order valence-electron chi connectivity index (χ2n) is 7.37. The molecule has 0 nitrogen and oxygen atoms in total. The van der Waals surface area contributed by atoms with Gasteiger partial charge < -0.3 is 0 Å². The monoisotopic (exact) mass is 236 g/mol. The summed E-state index contributed by atoms with van der Waals surface area (Å²) in [6.07, 6.45) is 18.1. The molecule has 0 aromatic carbocycles. The average Bonchev–Trinajstić information content (AvgIpc) is 2.97. The fourth-order valence-electron chi connectivity index (χ4n) is 4.22. The fourth-order valence-corrected chi connectivity index (χ4v) is 4.22. The zero-order valence-electron chi connectivity index (χ0n) is 12.1. The van der Waals surface area contributed by atoms with Crippen LogP contribution in [0.25, 0.3) is 0 Å². The van der Waals surface area contributed by atoms with Crippen molar-refractivity contribution in [2.24, 2.45) is 17.3 Å². The summed E-state index contributed by atoms with van der Waals surface area (Å²) in [4.78, 5) is 0. The van der Waals surface area contributed by atoms with E-state index in [4.69, 9.17) is 0 Å². The Morgan fingerprint density at radius 1 is 0.824 bits per heavy atom. The molecule has 2 aliphatic carbocycles. The summed E-state index contributed by atoms with van der Waals surface area (Å²) < 4.78 is 0. The molecule has 2 saturated carbocycles. The molecule has 0 unspecified atom stereocenters. The predicted octanol–water partition coefficient (Wildman–Crippen LogP) is 5.95. The second-order valence-corrected chi connectivity index (χ2v) is 7.37. The van der Waals surface area contributed by atoms with Crippen LogP contribution in [0.3, 0.4) is 0 Å². The molecule has 0 radical (unpaired) electrons. The Balaban J connectivity index is 1.59. The molecule has 0 heterocycles. The van der Waals surface area contributed by atoms with Gasteiger partial charge in [0.1, 0.15) is 0 Å². The van der Waals surface area contributed by atoms with Crippen LogP contribution in [0, 0.1) is 17.3 Å². The minimum absolute atomic E-state index is 0.631. The first-order chi connectivity index (χ1) is 8.18. The summed E-state index contributed by atoms with van der Waals surface area (Å²) in [5.41, 5.74) is 0.631. The van der Waals surface area contributed by atoms with Crippen molar-refractivity contribution in [1.82, 2.24) is 0 Å². The summed E-state index contributed by atoms with van der Waals surface area (Å²) in [5, 5.41) is 0. The van der Waals surface area contributed by atoms with Crippen molar-refractivity contribution in [2.45, 2.75) is 90.9 Å². The molecule has 0 bridgehead atoms. The van der Waals surface area contributed by atoms with Crippen molar-refractivity contribution in [3.8, 4) is 0 Å². The number of rotatable bonds is 6. The molecule has 0 saturated heterocycles. The molecule has 2 aliphatic rings. The molecule has 2 rings (SSSR count). The minimum atomic E-state index is 0.631. The lowest BCUT2D eigenvalue weighted by molar-refractivity contribution is 0.191. The van der Waals surface area contributed by atoms with Gasteiger partial charge in [0.15, 0.2) is 0 Å². The molecule has 17 heavy (non-hydrogen) atoms. The highest BCUT2D eigenvalue weighted by atomic mass is 14.4. The normalized spacial score (nSPS) is 23.6. The highest BCUT2D eigenvalue weighted by Gasteiger charge is 2.31. The Kier molecular flexibility index (Phi) is 4.94. The molecule has 0 N–H and O–H groups in total. The van der Waals surface area contributed by atoms with Crippen molar-refractivity contribution >= 4 is 0 Å². The molecular weight excluding hydrogens is 204 g/mol. The van der Waals surface area contributed by atoms with Gasteiger partial charge in [-0.2, -0.15) is 0 Å². The van der Waals surface area contributed by atoms with Gasteiger partial charge in [-0.3, -0.25) is 0 Å². The van der Waals surface area contributed by atoms with Gasteiger partial charge in [-0.05, 0) is 36.5 Å². The zero-order valence-corrected chi connectivity index (χ0v) is 12.1. The molecule has 0 amide bonds. The lowest BCUT2D eigenvalue weighted by Crippen LogP contribution is -2.21. The van der Waals surface area contributed by atoms with E-state index >= 15 is 0 Å². The Labute approximate surface area is 109 Å². The van der Waals surface area contributed by atoms with Gasteiger partial charge >= 0.3 is 0 Å². The molecule has 2 fully saturated rings.